The minimum absolute atomic E-state index is 0.0345. The fourth-order valence-corrected chi connectivity index (χ4v) is 2.94. The van der Waals surface area contributed by atoms with E-state index in [1.54, 1.807) is 12.6 Å². The number of ether oxygens (including phenoxy) is 2. The van der Waals surface area contributed by atoms with Gasteiger partial charge in [0.1, 0.15) is 17.4 Å². The number of nitrogens with zero attached hydrogens (tertiary/aromatic N) is 2. The molecule has 0 amide bonds. The maximum absolute atomic E-state index is 8.73. The van der Waals surface area contributed by atoms with Gasteiger partial charge in [-0.25, -0.2) is 4.98 Å². The van der Waals surface area contributed by atoms with Crippen molar-refractivity contribution in [2.24, 2.45) is 5.92 Å². The van der Waals surface area contributed by atoms with Crippen LogP contribution in [0.15, 0.2) is 34.4 Å². The Kier molecular flexibility index (Phi) is 4.58. The standard InChI is InChI=1S/C15H18N2O2S/c1-11(2)12-4-5-15(18-3,14-9-20-10-17-14)8-13(12)19-7-6-16/h4,8-11H,5,7H2,1-3H3. The molecular formula is C15H18N2O2S. The van der Waals surface area contributed by atoms with Crippen molar-refractivity contribution in [3.8, 4) is 6.07 Å². The van der Waals surface area contributed by atoms with Crippen LogP contribution in [0.5, 0.6) is 0 Å². The first-order valence-electron chi connectivity index (χ1n) is 6.50. The highest BCUT2D eigenvalue weighted by atomic mass is 32.1. The first kappa shape index (κ1) is 14.8. The fraction of sp³-hybridized carbons (Fsp3) is 0.467. The van der Waals surface area contributed by atoms with Gasteiger partial charge in [0, 0.05) is 18.9 Å². The maximum Gasteiger partial charge on any atom is 0.174 e. The number of aromatic nitrogens is 1. The van der Waals surface area contributed by atoms with Gasteiger partial charge in [-0.15, -0.1) is 11.3 Å². The van der Waals surface area contributed by atoms with E-state index in [1.807, 2.05) is 17.5 Å². The minimum Gasteiger partial charge on any atom is -0.479 e. The third-order valence-corrected chi connectivity index (χ3v) is 4.00. The normalized spacial score (nSPS) is 22.1. The molecule has 0 aromatic carbocycles. The summed E-state index contributed by atoms with van der Waals surface area (Å²) in [4.78, 5) is 4.37. The zero-order valence-electron chi connectivity index (χ0n) is 11.9. The molecule has 0 aliphatic heterocycles. The Hall–Kier alpha value is -1.64. The molecule has 0 fully saturated rings. The zero-order valence-corrected chi connectivity index (χ0v) is 12.7. The van der Waals surface area contributed by atoms with Crippen LogP contribution in [0.2, 0.25) is 0 Å². The summed E-state index contributed by atoms with van der Waals surface area (Å²) in [5, 5.41) is 10.7. The van der Waals surface area contributed by atoms with Gasteiger partial charge in [0.05, 0.1) is 11.2 Å². The second-order valence-electron chi connectivity index (χ2n) is 4.94. The van der Waals surface area contributed by atoms with Gasteiger partial charge in [0.25, 0.3) is 0 Å². The van der Waals surface area contributed by atoms with E-state index in [1.165, 1.54) is 11.3 Å². The predicted octanol–water partition coefficient (Wildman–Crippen LogP) is 3.39. The van der Waals surface area contributed by atoms with Crippen LogP contribution >= 0.6 is 11.3 Å². The molecule has 1 aromatic heterocycles. The number of hydrogen-bond donors (Lipinski definition) is 0. The fourth-order valence-electron chi connectivity index (χ4n) is 2.32. The van der Waals surface area contributed by atoms with Crippen LogP contribution in [-0.4, -0.2) is 18.7 Å². The van der Waals surface area contributed by atoms with Gasteiger partial charge in [-0.05, 0) is 17.6 Å². The quantitative estimate of drug-likeness (QED) is 0.834. The molecule has 106 valence electrons. The Bertz CT molecular complexity index is 555. The van der Waals surface area contributed by atoms with Crippen LogP contribution in [0, 0.1) is 17.2 Å². The Morgan fingerprint density at radius 2 is 2.35 bits per heavy atom. The minimum atomic E-state index is -0.594. The predicted molar refractivity (Wildman–Crippen MR) is 78.0 cm³/mol. The molecule has 1 aromatic rings. The zero-order chi connectivity index (χ0) is 14.6. The van der Waals surface area contributed by atoms with Crippen molar-refractivity contribution < 1.29 is 9.47 Å². The van der Waals surface area contributed by atoms with Crippen LogP contribution < -0.4 is 0 Å². The maximum atomic E-state index is 8.73. The second kappa shape index (κ2) is 6.21. The van der Waals surface area contributed by atoms with Crippen LogP contribution in [0.3, 0.4) is 0 Å². The van der Waals surface area contributed by atoms with Crippen molar-refractivity contribution in [1.82, 2.24) is 4.98 Å². The van der Waals surface area contributed by atoms with Gasteiger partial charge in [0.15, 0.2) is 6.61 Å². The number of methoxy groups -OCH3 is 1. The van der Waals surface area contributed by atoms with Gasteiger partial charge in [0.2, 0.25) is 0 Å². The Morgan fingerprint density at radius 1 is 1.55 bits per heavy atom. The first-order valence-corrected chi connectivity index (χ1v) is 7.44. The summed E-state index contributed by atoms with van der Waals surface area (Å²) in [6.07, 6.45) is 4.80. The summed E-state index contributed by atoms with van der Waals surface area (Å²) in [7, 11) is 1.67. The Balaban J connectivity index is 2.39. The largest absolute Gasteiger partial charge is 0.479 e. The molecule has 1 unspecified atom stereocenters. The van der Waals surface area contributed by atoms with E-state index >= 15 is 0 Å². The van der Waals surface area contributed by atoms with Gasteiger partial charge in [-0.2, -0.15) is 5.26 Å². The molecule has 1 aliphatic rings. The monoisotopic (exact) mass is 290 g/mol. The summed E-state index contributed by atoms with van der Waals surface area (Å²) in [5.74, 6) is 1.06. The van der Waals surface area contributed by atoms with E-state index in [9.17, 15) is 0 Å². The number of rotatable bonds is 5. The molecule has 0 saturated carbocycles. The molecule has 0 saturated heterocycles. The second-order valence-corrected chi connectivity index (χ2v) is 5.66. The molecule has 0 bridgehead atoms. The van der Waals surface area contributed by atoms with E-state index in [0.717, 1.165) is 23.4 Å². The average molecular weight is 290 g/mol. The molecule has 0 N–H and O–H groups in total. The van der Waals surface area contributed by atoms with Gasteiger partial charge in [-0.1, -0.05) is 19.9 Å². The summed E-state index contributed by atoms with van der Waals surface area (Å²) < 4.78 is 11.3. The van der Waals surface area contributed by atoms with Crippen molar-refractivity contribution in [3.63, 3.8) is 0 Å². The first-order chi connectivity index (χ1) is 9.63. The molecular weight excluding hydrogens is 272 g/mol. The van der Waals surface area contributed by atoms with Crippen LogP contribution in [0.4, 0.5) is 0 Å². The molecule has 5 heteroatoms. The third-order valence-electron chi connectivity index (χ3n) is 3.42. The third kappa shape index (κ3) is 2.77. The van der Waals surface area contributed by atoms with Crippen molar-refractivity contribution in [3.05, 3.63) is 40.1 Å². The van der Waals surface area contributed by atoms with Crippen molar-refractivity contribution in [1.29, 1.82) is 5.26 Å². The Labute approximate surface area is 123 Å². The molecule has 20 heavy (non-hydrogen) atoms. The van der Waals surface area contributed by atoms with E-state index in [4.69, 9.17) is 14.7 Å². The SMILES string of the molecule is COC1(c2cscn2)C=C(OCC#N)C(C(C)C)=CC1. The van der Waals surface area contributed by atoms with E-state index < -0.39 is 5.60 Å². The summed E-state index contributed by atoms with van der Waals surface area (Å²) in [6, 6.07) is 2.01. The highest BCUT2D eigenvalue weighted by molar-refractivity contribution is 7.07. The van der Waals surface area contributed by atoms with Gasteiger partial charge in [-0.3, -0.25) is 0 Å². The highest BCUT2D eigenvalue weighted by Crippen LogP contribution is 2.39. The van der Waals surface area contributed by atoms with Crippen molar-refractivity contribution in [2.75, 3.05) is 13.7 Å². The molecule has 0 radical (unpaired) electrons. The Morgan fingerprint density at radius 3 is 2.90 bits per heavy atom. The molecule has 2 rings (SSSR count). The lowest BCUT2D eigenvalue weighted by Crippen LogP contribution is -2.30. The lowest BCUT2D eigenvalue weighted by atomic mass is 9.85. The lowest BCUT2D eigenvalue weighted by molar-refractivity contribution is 0.0220. The highest BCUT2D eigenvalue weighted by Gasteiger charge is 2.36. The molecule has 1 atom stereocenters. The summed E-state index contributed by atoms with van der Waals surface area (Å²) >= 11 is 1.54. The van der Waals surface area contributed by atoms with Crippen LogP contribution in [-0.2, 0) is 15.1 Å². The summed E-state index contributed by atoms with van der Waals surface area (Å²) in [5.41, 5.74) is 3.19. The average Bonchev–Trinajstić information content (AvgIpc) is 2.99. The molecule has 0 spiro atoms. The smallest absolute Gasteiger partial charge is 0.174 e. The lowest BCUT2D eigenvalue weighted by Gasteiger charge is -2.32. The number of thiazole rings is 1. The van der Waals surface area contributed by atoms with Crippen LogP contribution in [0.1, 0.15) is 26.0 Å². The van der Waals surface area contributed by atoms with E-state index in [0.29, 0.717) is 5.92 Å². The van der Waals surface area contributed by atoms with E-state index in [2.05, 4.69) is 24.9 Å². The van der Waals surface area contributed by atoms with Crippen LogP contribution in [0.25, 0.3) is 0 Å². The van der Waals surface area contributed by atoms with Crippen molar-refractivity contribution in [2.45, 2.75) is 25.9 Å². The number of nitriles is 1. The number of hydrogen-bond acceptors (Lipinski definition) is 5. The molecule has 4 nitrogen and oxygen atoms in total. The van der Waals surface area contributed by atoms with Crippen molar-refractivity contribution >= 4 is 11.3 Å². The van der Waals surface area contributed by atoms with E-state index in [-0.39, 0.29) is 6.61 Å². The van der Waals surface area contributed by atoms with Gasteiger partial charge >= 0.3 is 0 Å². The molecule has 1 aliphatic carbocycles. The topological polar surface area (TPSA) is 55.1 Å². The van der Waals surface area contributed by atoms with Gasteiger partial charge < -0.3 is 9.47 Å². The summed E-state index contributed by atoms with van der Waals surface area (Å²) in [6.45, 7) is 4.25. The number of allylic oxidation sites excluding steroid dienone is 1. The molecule has 1 heterocycles.